The number of hydrogen-bond donors (Lipinski definition) is 0. The van der Waals surface area contributed by atoms with Gasteiger partial charge in [0.05, 0.1) is 5.56 Å². The third-order valence-corrected chi connectivity index (χ3v) is 3.83. The summed E-state index contributed by atoms with van der Waals surface area (Å²) in [5, 5.41) is 0. The van der Waals surface area contributed by atoms with Crippen LogP contribution in [0.2, 0.25) is 0 Å². The number of rotatable bonds is 3. The van der Waals surface area contributed by atoms with Crippen molar-refractivity contribution in [3.05, 3.63) is 35.1 Å². The lowest BCUT2D eigenvalue weighted by molar-refractivity contribution is -0.140. The molecule has 1 unspecified atom stereocenters. The number of likely N-dealkylation sites (tertiary alicyclic amines) is 1. The van der Waals surface area contributed by atoms with Gasteiger partial charge in [0.2, 0.25) is 0 Å². The van der Waals surface area contributed by atoms with Crippen LogP contribution in [0.3, 0.4) is 0 Å². The van der Waals surface area contributed by atoms with Crippen LogP contribution >= 0.6 is 11.6 Å². The predicted molar refractivity (Wildman–Crippen MR) is 70.7 cm³/mol. The monoisotopic (exact) mass is 323 g/mol. The Kier molecular flexibility index (Phi) is 4.76. The van der Waals surface area contributed by atoms with Gasteiger partial charge in [-0.25, -0.2) is 4.39 Å². The fourth-order valence-corrected chi connectivity index (χ4v) is 2.77. The van der Waals surface area contributed by atoms with Crippen LogP contribution in [0.4, 0.5) is 17.6 Å². The van der Waals surface area contributed by atoms with Gasteiger partial charge in [0.1, 0.15) is 5.82 Å². The van der Waals surface area contributed by atoms with E-state index in [-0.39, 0.29) is 11.5 Å². The van der Waals surface area contributed by atoms with Crippen molar-refractivity contribution in [1.82, 2.24) is 4.90 Å². The van der Waals surface area contributed by atoms with Crippen LogP contribution in [0, 0.1) is 11.7 Å². The van der Waals surface area contributed by atoms with Gasteiger partial charge in [-0.1, -0.05) is 0 Å². The molecule has 1 saturated heterocycles. The summed E-state index contributed by atoms with van der Waals surface area (Å²) in [5.74, 6) is -1.12. The van der Waals surface area contributed by atoms with Gasteiger partial charge in [-0.2, -0.15) is 13.2 Å². The van der Waals surface area contributed by atoms with Gasteiger partial charge < -0.3 is 4.90 Å². The van der Waals surface area contributed by atoms with Crippen molar-refractivity contribution in [1.29, 1.82) is 0 Å². The van der Waals surface area contributed by atoms with E-state index < -0.39 is 23.5 Å². The predicted octanol–water partition coefficient (Wildman–Crippen LogP) is 3.94. The molecule has 116 valence electrons. The summed E-state index contributed by atoms with van der Waals surface area (Å²) >= 11 is 5.64. The van der Waals surface area contributed by atoms with Gasteiger partial charge >= 0.3 is 6.18 Å². The summed E-state index contributed by atoms with van der Waals surface area (Å²) in [5.41, 5.74) is -1.56. The average Bonchev–Trinajstić information content (AvgIpc) is 2.86. The summed E-state index contributed by atoms with van der Waals surface area (Å²) < 4.78 is 51.2. The standard InChI is InChI=1S/C14H14ClF4NO/c15-5-3-9-4-6-20(8-9)13(21)10-1-2-12(16)11(7-10)14(17,18)19/h1-2,7,9H,3-6,8H2. The smallest absolute Gasteiger partial charge is 0.338 e. The van der Waals surface area contributed by atoms with Crippen LogP contribution in [-0.2, 0) is 6.18 Å². The lowest BCUT2D eigenvalue weighted by atomic mass is 10.1. The molecule has 1 amide bonds. The molecule has 2 nitrogen and oxygen atoms in total. The van der Waals surface area contributed by atoms with E-state index in [2.05, 4.69) is 0 Å². The Morgan fingerprint density at radius 2 is 2.10 bits per heavy atom. The van der Waals surface area contributed by atoms with Crippen molar-refractivity contribution in [2.45, 2.75) is 19.0 Å². The van der Waals surface area contributed by atoms with E-state index in [1.807, 2.05) is 0 Å². The highest BCUT2D eigenvalue weighted by atomic mass is 35.5. The zero-order chi connectivity index (χ0) is 15.6. The van der Waals surface area contributed by atoms with E-state index in [4.69, 9.17) is 11.6 Å². The molecule has 0 spiro atoms. The average molecular weight is 324 g/mol. The number of halogens is 5. The van der Waals surface area contributed by atoms with Crippen molar-refractivity contribution in [3.63, 3.8) is 0 Å². The van der Waals surface area contributed by atoms with Crippen LogP contribution < -0.4 is 0 Å². The second kappa shape index (κ2) is 6.22. The Balaban J connectivity index is 2.17. The molecule has 1 aliphatic rings. The number of amides is 1. The van der Waals surface area contributed by atoms with Crippen LogP contribution in [0.1, 0.15) is 28.8 Å². The van der Waals surface area contributed by atoms with E-state index in [1.54, 1.807) is 0 Å². The number of hydrogen-bond acceptors (Lipinski definition) is 1. The molecule has 0 saturated carbocycles. The summed E-state index contributed by atoms with van der Waals surface area (Å²) in [6, 6.07) is 2.34. The van der Waals surface area contributed by atoms with Gasteiger partial charge in [0.15, 0.2) is 0 Å². The molecule has 1 aliphatic heterocycles. The van der Waals surface area contributed by atoms with Crippen molar-refractivity contribution in [2.24, 2.45) is 5.92 Å². The van der Waals surface area contributed by atoms with Crippen LogP contribution in [0.25, 0.3) is 0 Å². The highest BCUT2D eigenvalue weighted by Crippen LogP contribution is 2.32. The van der Waals surface area contributed by atoms with E-state index >= 15 is 0 Å². The molecule has 1 heterocycles. The molecule has 7 heteroatoms. The highest BCUT2D eigenvalue weighted by molar-refractivity contribution is 6.17. The molecular weight excluding hydrogens is 310 g/mol. The number of benzene rings is 1. The molecular formula is C14H14ClF4NO. The van der Waals surface area contributed by atoms with Crippen LogP contribution in [0.15, 0.2) is 18.2 Å². The summed E-state index contributed by atoms with van der Waals surface area (Å²) in [7, 11) is 0. The zero-order valence-electron chi connectivity index (χ0n) is 11.1. The van der Waals surface area contributed by atoms with Gasteiger partial charge in [-0.05, 0) is 37.0 Å². The molecule has 2 rings (SSSR count). The van der Waals surface area contributed by atoms with Crippen LogP contribution in [0.5, 0.6) is 0 Å². The fourth-order valence-electron chi connectivity index (χ4n) is 2.47. The first-order valence-corrected chi connectivity index (χ1v) is 7.08. The molecule has 1 atom stereocenters. The van der Waals surface area contributed by atoms with Crippen molar-refractivity contribution in [3.8, 4) is 0 Å². The first kappa shape index (κ1) is 16.1. The number of alkyl halides is 4. The minimum atomic E-state index is -4.81. The van der Waals surface area contributed by atoms with E-state index in [0.29, 0.717) is 31.1 Å². The summed E-state index contributed by atoms with van der Waals surface area (Å²) in [6.07, 6.45) is -3.26. The van der Waals surface area contributed by atoms with E-state index in [0.717, 1.165) is 18.9 Å². The molecule has 1 aromatic carbocycles. The zero-order valence-corrected chi connectivity index (χ0v) is 11.8. The topological polar surface area (TPSA) is 20.3 Å². The third kappa shape index (κ3) is 3.67. The maximum atomic E-state index is 13.2. The van der Waals surface area contributed by atoms with Crippen molar-refractivity contribution < 1.29 is 22.4 Å². The Bertz CT molecular complexity index is 532. The van der Waals surface area contributed by atoms with Gasteiger partial charge in [0, 0.05) is 24.5 Å². The second-order valence-corrected chi connectivity index (χ2v) is 5.45. The van der Waals surface area contributed by atoms with E-state index in [1.165, 1.54) is 4.90 Å². The van der Waals surface area contributed by atoms with Crippen molar-refractivity contribution in [2.75, 3.05) is 19.0 Å². The fraction of sp³-hybridized carbons (Fsp3) is 0.500. The number of nitrogens with zero attached hydrogens (tertiary/aromatic N) is 1. The number of carbonyl (C=O) groups is 1. The van der Waals surface area contributed by atoms with E-state index in [9.17, 15) is 22.4 Å². The van der Waals surface area contributed by atoms with Gasteiger partial charge in [-0.15, -0.1) is 11.6 Å². The normalized spacial score (nSPS) is 19.1. The maximum Gasteiger partial charge on any atom is 0.419 e. The quantitative estimate of drug-likeness (QED) is 0.609. The minimum absolute atomic E-state index is 0.143. The molecule has 0 radical (unpaired) electrons. The molecule has 0 aliphatic carbocycles. The minimum Gasteiger partial charge on any atom is -0.338 e. The lowest BCUT2D eigenvalue weighted by Gasteiger charge is -2.17. The summed E-state index contributed by atoms with van der Waals surface area (Å²) in [6.45, 7) is 0.962. The molecule has 0 bridgehead atoms. The first-order valence-electron chi connectivity index (χ1n) is 6.55. The summed E-state index contributed by atoms with van der Waals surface area (Å²) in [4.78, 5) is 13.7. The van der Waals surface area contributed by atoms with Crippen molar-refractivity contribution >= 4 is 17.5 Å². The first-order chi connectivity index (χ1) is 9.82. The SMILES string of the molecule is O=C(c1ccc(F)c(C(F)(F)F)c1)N1CCC(CCCl)C1. The largest absolute Gasteiger partial charge is 0.419 e. The Morgan fingerprint density at radius 1 is 1.38 bits per heavy atom. The molecule has 1 fully saturated rings. The number of carbonyl (C=O) groups excluding carboxylic acids is 1. The second-order valence-electron chi connectivity index (χ2n) is 5.08. The Labute approximate surface area is 124 Å². The molecule has 0 aromatic heterocycles. The Hall–Kier alpha value is -1.30. The Morgan fingerprint density at radius 3 is 2.71 bits per heavy atom. The highest BCUT2D eigenvalue weighted by Gasteiger charge is 2.35. The lowest BCUT2D eigenvalue weighted by Crippen LogP contribution is -2.29. The van der Waals surface area contributed by atoms with Gasteiger partial charge in [-0.3, -0.25) is 4.79 Å². The third-order valence-electron chi connectivity index (χ3n) is 3.61. The van der Waals surface area contributed by atoms with Gasteiger partial charge in [0.25, 0.3) is 5.91 Å². The van der Waals surface area contributed by atoms with Crippen LogP contribution in [-0.4, -0.2) is 29.8 Å². The maximum absolute atomic E-state index is 13.2. The molecule has 1 aromatic rings. The molecule has 21 heavy (non-hydrogen) atoms. The molecule has 0 N–H and O–H groups in total.